The lowest BCUT2D eigenvalue weighted by molar-refractivity contribution is 0.276. The number of aryl methyl sites for hydroxylation is 1. The molecule has 1 aliphatic carbocycles. The Hall–Kier alpha value is -1.80. The summed E-state index contributed by atoms with van der Waals surface area (Å²) in [4.78, 5) is 0. The average molecular weight is 267 g/mol. The van der Waals surface area contributed by atoms with E-state index in [0.717, 1.165) is 17.2 Å². The van der Waals surface area contributed by atoms with E-state index >= 15 is 0 Å². The van der Waals surface area contributed by atoms with Crippen molar-refractivity contribution in [2.75, 3.05) is 11.9 Å². The van der Waals surface area contributed by atoms with E-state index in [-0.39, 0.29) is 12.6 Å². The highest BCUT2D eigenvalue weighted by Gasteiger charge is 2.24. The average Bonchev–Trinajstić information content (AvgIpc) is 3.31. The number of rotatable bonds is 5. The Balaban J connectivity index is 1.78. The fourth-order valence-electron chi connectivity index (χ4n) is 2.53. The monoisotopic (exact) mass is 267 g/mol. The first kappa shape index (κ1) is 13.2. The van der Waals surface area contributed by atoms with Gasteiger partial charge in [0.15, 0.2) is 0 Å². The summed E-state index contributed by atoms with van der Waals surface area (Å²) in [6.07, 6.45) is 2.61. The largest absolute Gasteiger partial charge is 0.394 e. The molecule has 0 saturated heterocycles. The summed E-state index contributed by atoms with van der Waals surface area (Å²) in [5.74, 6) is 0.744. The summed E-state index contributed by atoms with van der Waals surface area (Å²) >= 11 is 0. The Morgan fingerprint density at radius 1 is 1.15 bits per heavy atom. The predicted octanol–water partition coefficient (Wildman–Crippen LogP) is 4.02. The maximum atomic E-state index is 9.68. The number of anilines is 1. The topological polar surface area (TPSA) is 32.3 Å². The molecular weight excluding hydrogens is 246 g/mol. The van der Waals surface area contributed by atoms with E-state index in [9.17, 15) is 5.11 Å². The highest BCUT2D eigenvalue weighted by atomic mass is 16.3. The first-order valence-electron chi connectivity index (χ1n) is 7.30. The first-order valence-corrected chi connectivity index (χ1v) is 7.30. The Kier molecular flexibility index (Phi) is 3.75. The number of nitrogens with one attached hydrogen (secondary N) is 1. The Morgan fingerprint density at radius 3 is 2.55 bits per heavy atom. The van der Waals surface area contributed by atoms with Crippen molar-refractivity contribution in [3.63, 3.8) is 0 Å². The van der Waals surface area contributed by atoms with Gasteiger partial charge in [0, 0.05) is 5.69 Å². The molecule has 0 radical (unpaired) electrons. The molecule has 2 nitrogen and oxygen atoms in total. The predicted molar refractivity (Wildman–Crippen MR) is 83.0 cm³/mol. The van der Waals surface area contributed by atoms with Crippen LogP contribution in [-0.4, -0.2) is 11.7 Å². The van der Waals surface area contributed by atoms with E-state index < -0.39 is 0 Å². The van der Waals surface area contributed by atoms with Gasteiger partial charge in [-0.15, -0.1) is 0 Å². The minimum Gasteiger partial charge on any atom is -0.394 e. The quantitative estimate of drug-likeness (QED) is 0.857. The van der Waals surface area contributed by atoms with Crippen molar-refractivity contribution >= 4 is 5.69 Å². The molecule has 0 aliphatic heterocycles. The molecular formula is C18H21NO. The van der Waals surface area contributed by atoms with Crippen molar-refractivity contribution in [1.82, 2.24) is 0 Å². The number of aliphatic hydroxyl groups is 1. The van der Waals surface area contributed by atoms with Crippen molar-refractivity contribution in [2.24, 2.45) is 0 Å². The van der Waals surface area contributed by atoms with Crippen LogP contribution in [0.25, 0.3) is 0 Å². The van der Waals surface area contributed by atoms with Crippen LogP contribution in [0.1, 0.15) is 41.5 Å². The van der Waals surface area contributed by atoms with Gasteiger partial charge in [-0.2, -0.15) is 0 Å². The zero-order valence-electron chi connectivity index (χ0n) is 11.8. The smallest absolute Gasteiger partial charge is 0.0745 e. The minimum absolute atomic E-state index is 0.0450. The zero-order valence-corrected chi connectivity index (χ0v) is 11.8. The lowest BCUT2D eigenvalue weighted by atomic mass is 10.0. The Morgan fingerprint density at radius 2 is 1.90 bits per heavy atom. The molecule has 1 aliphatic rings. The lowest BCUT2D eigenvalue weighted by Gasteiger charge is -2.19. The summed E-state index contributed by atoms with van der Waals surface area (Å²) in [6.45, 7) is 2.18. The third kappa shape index (κ3) is 3.02. The molecule has 1 unspecified atom stereocenters. The molecule has 20 heavy (non-hydrogen) atoms. The number of aliphatic hydroxyl groups excluding tert-OH is 1. The fourth-order valence-corrected chi connectivity index (χ4v) is 2.53. The van der Waals surface area contributed by atoms with Gasteiger partial charge in [0.05, 0.1) is 12.6 Å². The van der Waals surface area contributed by atoms with E-state index in [1.807, 2.05) is 0 Å². The molecule has 0 spiro atoms. The van der Waals surface area contributed by atoms with E-state index in [1.165, 1.54) is 24.0 Å². The second-order valence-corrected chi connectivity index (χ2v) is 5.69. The SMILES string of the molecule is Cc1ccc(NC(CO)c2cccc(C3CC3)c2)cc1. The van der Waals surface area contributed by atoms with Crippen LogP contribution in [0.5, 0.6) is 0 Å². The van der Waals surface area contributed by atoms with Gasteiger partial charge in [0.2, 0.25) is 0 Å². The highest BCUT2D eigenvalue weighted by Crippen LogP contribution is 2.40. The maximum absolute atomic E-state index is 9.68. The van der Waals surface area contributed by atoms with Crippen LogP contribution in [-0.2, 0) is 0 Å². The molecule has 1 atom stereocenters. The van der Waals surface area contributed by atoms with Crippen LogP contribution >= 0.6 is 0 Å². The molecule has 1 fully saturated rings. The van der Waals surface area contributed by atoms with Crippen LogP contribution in [0.4, 0.5) is 5.69 Å². The summed E-state index contributed by atoms with van der Waals surface area (Å²) in [6, 6.07) is 16.9. The third-order valence-electron chi connectivity index (χ3n) is 3.94. The zero-order chi connectivity index (χ0) is 13.9. The van der Waals surface area contributed by atoms with Gasteiger partial charge in [0.1, 0.15) is 0 Å². The summed E-state index contributed by atoms with van der Waals surface area (Å²) in [7, 11) is 0. The van der Waals surface area contributed by atoms with E-state index in [4.69, 9.17) is 0 Å². The Labute approximate surface area is 120 Å². The molecule has 104 valence electrons. The van der Waals surface area contributed by atoms with Crippen LogP contribution in [0.2, 0.25) is 0 Å². The molecule has 0 heterocycles. The van der Waals surface area contributed by atoms with Crippen molar-refractivity contribution in [3.05, 3.63) is 65.2 Å². The van der Waals surface area contributed by atoms with Crippen molar-refractivity contribution < 1.29 is 5.11 Å². The second-order valence-electron chi connectivity index (χ2n) is 5.69. The van der Waals surface area contributed by atoms with E-state index in [0.29, 0.717) is 0 Å². The Bertz CT molecular complexity index is 572. The van der Waals surface area contributed by atoms with Gasteiger partial charge in [-0.1, -0.05) is 42.0 Å². The summed E-state index contributed by atoms with van der Waals surface area (Å²) < 4.78 is 0. The van der Waals surface area contributed by atoms with Crippen molar-refractivity contribution in [3.8, 4) is 0 Å². The molecule has 0 amide bonds. The molecule has 2 aromatic rings. The maximum Gasteiger partial charge on any atom is 0.0745 e. The highest BCUT2D eigenvalue weighted by molar-refractivity contribution is 5.47. The second kappa shape index (κ2) is 5.68. The van der Waals surface area contributed by atoms with Gasteiger partial charge < -0.3 is 10.4 Å². The van der Waals surface area contributed by atoms with E-state index in [1.54, 1.807) is 0 Å². The fraction of sp³-hybridized carbons (Fsp3) is 0.333. The minimum atomic E-state index is -0.0450. The van der Waals surface area contributed by atoms with Crippen LogP contribution < -0.4 is 5.32 Å². The summed E-state index contributed by atoms with van der Waals surface area (Å²) in [5.41, 5.74) is 4.86. The van der Waals surface area contributed by atoms with Crippen LogP contribution in [0.15, 0.2) is 48.5 Å². The lowest BCUT2D eigenvalue weighted by Crippen LogP contribution is -2.15. The molecule has 0 aromatic heterocycles. The van der Waals surface area contributed by atoms with E-state index in [2.05, 4.69) is 60.8 Å². The molecule has 3 rings (SSSR count). The molecule has 2 N–H and O–H groups in total. The van der Waals surface area contributed by atoms with Crippen LogP contribution in [0, 0.1) is 6.92 Å². The van der Waals surface area contributed by atoms with Crippen molar-refractivity contribution in [2.45, 2.75) is 31.7 Å². The normalized spacial score (nSPS) is 15.9. The van der Waals surface area contributed by atoms with Gasteiger partial charge >= 0.3 is 0 Å². The van der Waals surface area contributed by atoms with Gasteiger partial charge in [-0.05, 0) is 48.9 Å². The molecule has 2 aromatic carbocycles. The standard InChI is InChI=1S/C18H21NO/c1-13-5-9-17(10-6-13)19-18(12-20)16-4-2-3-15(11-16)14-7-8-14/h2-6,9-11,14,18-20H,7-8,12H2,1H3. The van der Waals surface area contributed by atoms with Gasteiger partial charge in [-0.25, -0.2) is 0 Å². The molecule has 1 saturated carbocycles. The van der Waals surface area contributed by atoms with Crippen LogP contribution in [0.3, 0.4) is 0 Å². The summed E-state index contributed by atoms with van der Waals surface area (Å²) in [5, 5.41) is 13.1. The van der Waals surface area contributed by atoms with Gasteiger partial charge in [0.25, 0.3) is 0 Å². The number of hydrogen-bond acceptors (Lipinski definition) is 2. The third-order valence-corrected chi connectivity index (χ3v) is 3.94. The molecule has 2 heteroatoms. The molecule has 0 bridgehead atoms. The number of hydrogen-bond donors (Lipinski definition) is 2. The number of benzene rings is 2. The first-order chi connectivity index (χ1) is 9.76. The van der Waals surface area contributed by atoms with Gasteiger partial charge in [-0.3, -0.25) is 0 Å². The van der Waals surface area contributed by atoms with Crippen molar-refractivity contribution in [1.29, 1.82) is 0 Å².